The summed E-state index contributed by atoms with van der Waals surface area (Å²) in [6.07, 6.45) is 1.71. The molecule has 6 nitrogen and oxygen atoms in total. The topological polar surface area (TPSA) is 68.7 Å². The highest BCUT2D eigenvalue weighted by Crippen LogP contribution is 2.48. The van der Waals surface area contributed by atoms with Gasteiger partial charge in [-0.3, -0.25) is 9.69 Å². The van der Waals surface area contributed by atoms with Crippen LogP contribution in [0.25, 0.3) is 0 Å². The van der Waals surface area contributed by atoms with Crippen LogP contribution in [0, 0.1) is 0 Å². The number of hydrogen-bond donors (Lipinski definition) is 0. The lowest BCUT2D eigenvalue weighted by atomic mass is 9.71. The van der Waals surface area contributed by atoms with Crippen LogP contribution in [-0.2, 0) is 19.7 Å². The van der Waals surface area contributed by atoms with Crippen LogP contribution in [0.3, 0.4) is 0 Å². The van der Waals surface area contributed by atoms with Gasteiger partial charge in [-0.25, -0.2) is 9.78 Å². The van der Waals surface area contributed by atoms with Crippen molar-refractivity contribution in [2.75, 3.05) is 25.3 Å². The molecule has 0 N–H and O–H groups in total. The van der Waals surface area contributed by atoms with E-state index in [0.717, 1.165) is 17.2 Å². The molecule has 0 saturated carbocycles. The van der Waals surface area contributed by atoms with Crippen molar-refractivity contribution in [1.82, 2.24) is 4.98 Å². The van der Waals surface area contributed by atoms with Crippen molar-refractivity contribution in [2.45, 2.75) is 50.9 Å². The zero-order valence-electron chi connectivity index (χ0n) is 19.3. The number of amides is 1. The number of fused-ring (bicyclic) bond motifs is 1. The first kappa shape index (κ1) is 23.2. The standard InChI is InChI=1S/C24H32N2O4Si/c1-17(18-9-11-19(12-10-18)22(27)29-3)24(2)20-8-7-13-25-21(20)26(23(24)28)16-30-14-15-31(4,5)6/h7-13,17H,14-16H2,1-6H3/t17?,24-/m1/s1. The zero-order chi connectivity index (χ0) is 22.8. The van der Waals surface area contributed by atoms with E-state index in [1.165, 1.54) is 7.11 Å². The number of aromatic nitrogens is 1. The number of benzene rings is 1. The van der Waals surface area contributed by atoms with Crippen LogP contribution in [0.15, 0.2) is 42.6 Å². The Hall–Kier alpha value is -2.51. The Morgan fingerprint density at radius 3 is 2.48 bits per heavy atom. The summed E-state index contributed by atoms with van der Waals surface area (Å²) in [6, 6.07) is 12.1. The molecule has 1 aromatic carbocycles. The molecule has 0 radical (unpaired) electrons. The van der Waals surface area contributed by atoms with Crippen LogP contribution >= 0.6 is 0 Å². The molecule has 1 amide bonds. The maximum atomic E-state index is 13.7. The lowest BCUT2D eigenvalue weighted by molar-refractivity contribution is -0.124. The molecule has 166 valence electrons. The summed E-state index contributed by atoms with van der Waals surface area (Å²) in [5.41, 5.74) is 1.58. The van der Waals surface area contributed by atoms with E-state index in [9.17, 15) is 9.59 Å². The second-order valence-corrected chi connectivity index (χ2v) is 15.1. The third kappa shape index (κ3) is 4.57. The summed E-state index contributed by atoms with van der Waals surface area (Å²) in [7, 11) is 0.157. The van der Waals surface area contributed by atoms with Crippen LogP contribution in [-0.4, -0.2) is 45.4 Å². The van der Waals surface area contributed by atoms with E-state index in [-0.39, 0.29) is 24.5 Å². The van der Waals surface area contributed by atoms with Gasteiger partial charge in [-0.1, -0.05) is 44.8 Å². The third-order valence-electron chi connectivity index (χ3n) is 6.21. The molecule has 1 unspecified atom stereocenters. The van der Waals surface area contributed by atoms with Gasteiger partial charge in [0, 0.05) is 26.4 Å². The molecule has 0 saturated heterocycles. The van der Waals surface area contributed by atoms with Crippen molar-refractivity contribution in [3.8, 4) is 0 Å². The Morgan fingerprint density at radius 2 is 1.87 bits per heavy atom. The molecule has 0 aliphatic carbocycles. The molecule has 2 aromatic rings. The van der Waals surface area contributed by atoms with Crippen molar-refractivity contribution >= 4 is 25.8 Å². The lowest BCUT2D eigenvalue weighted by Crippen LogP contribution is -2.42. The average molecular weight is 441 g/mol. The van der Waals surface area contributed by atoms with Gasteiger partial charge in [0.2, 0.25) is 5.91 Å². The molecular weight excluding hydrogens is 408 g/mol. The Morgan fingerprint density at radius 1 is 1.19 bits per heavy atom. The fourth-order valence-corrected chi connectivity index (χ4v) is 4.70. The highest BCUT2D eigenvalue weighted by atomic mass is 28.3. The Labute approximate surface area is 185 Å². The number of esters is 1. The largest absolute Gasteiger partial charge is 0.465 e. The fourth-order valence-electron chi connectivity index (χ4n) is 3.94. The predicted octanol–water partition coefficient (Wildman–Crippen LogP) is 4.59. The number of pyridine rings is 1. The predicted molar refractivity (Wildman–Crippen MR) is 124 cm³/mol. The van der Waals surface area contributed by atoms with Gasteiger partial charge in [-0.2, -0.15) is 0 Å². The molecule has 31 heavy (non-hydrogen) atoms. The van der Waals surface area contributed by atoms with E-state index in [4.69, 9.17) is 9.47 Å². The van der Waals surface area contributed by atoms with Gasteiger partial charge in [-0.15, -0.1) is 0 Å². The molecule has 0 fully saturated rings. The molecule has 1 aliphatic rings. The molecule has 1 aromatic heterocycles. The molecule has 1 aliphatic heterocycles. The van der Waals surface area contributed by atoms with Crippen LogP contribution in [0.4, 0.5) is 5.82 Å². The number of anilines is 1. The number of carbonyl (C=O) groups excluding carboxylic acids is 2. The van der Waals surface area contributed by atoms with Crippen LogP contribution in [0.1, 0.15) is 41.3 Å². The van der Waals surface area contributed by atoms with Crippen LogP contribution in [0.5, 0.6) is 0 Å². The van der Waals surface area contributed by atoms with Gasteiger partial charge in [0.05, 0.1) is 18.1 Å². The first-order valence-electron chi connectivity index (χ1n) is 10.6. The maximum absolute atomic E-state index is 13.7. The van der Waals surface area contributed by atoms with E-state index in [1.54, 1.807) is 23.2 Å². The molecule has 2 heterocycles. The monoisotopic (exact) mass is 440 g/mol. The van der Waals surface area contributed by atoms with Gasteiger partial charge >= 0.3 is 5.97 Å². The van der Waals surface area contributed by atoms with E-state index in [0.29, 0.717) is 18.0 Å². The Balaban J connectivity index is 1.86. The first-order valence-corrected chi connectivity index (χ1v) is 14.3. The summed E-state index contributed by atoms with van der Waals surface area (Å²) in [6.45, 7) is 11.8. The summed E-state index contributed by atoms with van der Waals surface area (Å²) in [4.78, 5) is 31.6. The molecule has 3 rings (SSSR count). The molecule has 2 atom stereocenters. The van der Waals surface area contributed by atoms with Gasteiger partial charge in [0.25, 0.3) is 0 Å². The number of rotatable bonds is 8. The maximum Gasteiger partial charge on any atom is 0.337 e. The van der Waals surface area contributed by atoms with Crippen molar-refractivity contribution < 1.29 is 19.1 Å². The normalized spacial score (nSPS) is 19.3. The number of hydrogen-bond acceptors (Lipinski definition) is 5. The van der Waals surface area contributed by atoms with E-state index >= 15 is 0 Å². The van der Waals surface area contributed by atoms with E-state index in [1.807, 2.05) is 38.1 Å². The first-order chi connectivity index (χ1) is 14.6. The fraction of sp³-hybridized carbons (Fsp3) is 0.458. The molecular formula is C24H32N2O4Si. The van der Waals surface area contributed by atoms with Crippen molar-refractivity contribution in [2.24, 2.45) is 0 Å². The van der Waals surface area contributed by atoms with E-state index in [2.05, 4.69) is 24.6 Å². The van der Waals surface area contributed by atoms with Crippen LogP contribution < -0.4 is 4.90 Å². The van der Waals surface area contributed by atoms with Gasteiger partial charge in [0.1, 0.15) is 12.5 Å². The minimum absolute atomic E-state index is 0.0150. The SMILES string of the molecule is COC(=O)c1ccc(C(C)[C@@]2(C)C(=O)N(COCC[Si](C)(C)C)c3ncccc32)cc1. The molecule has 0 spiro atoms. The quantitative estimate of drug-likeness (QED) is 0.341. The highest BCUT2D eigenvalue weighted by molar-refractivity contribution is 6.76. The van der Waals surface area contributed by atoms with Crippen LogP contribution in [0.2, 0.25) is 25.7 Å². The Kier molecular flexibility index (Phi) is 6.67. The zero-order valence-corrected chi connectivity index (χ0v) is 20.3. The van der Waals surface area contributed by atoms with Crippen molar-refractivity contribution in [3.05, 3.63) is 59.3 Å². The number of methoxy groups -OCH3 is 1. The van der Waals surface area contributed by atoms with E-state index < -0.39 is 13.5 Å². The summed E-state index contributed by atoms with van der Waals surface area (Å²) < 4.78 is 10.7. The third-order valence-corrected chi connectivity index (χ3v) is 7.91. The van der Waals surface area contributed by atoms with Gasteiger partial charge in [-0.05, 0) is 42.6 Å². The lowest BCUT2D eigenvalue weighted by Gasteiger charge is -2.31. The minimum atomic E-state index is -1.21. The highest BCUT2D eigenvalue weighted by Gasteiger charge is 2.52. The second-order valence-electron chi connectivity index (χ2n) is 9.49. The van der Waals surface area contributed by atoms with Gasteiger partial charge in [0.15, 0.2) is 0 Å². The van der Waals surface area contributed by atoms with Gasteiger partial charge < -0.3 is 9.47 Å². The van der Waals surface area contributed by atoms with Crippen molar-refractivity contribution in [3.63, 3.8) is 0 Å². The minimum Gasteiger partial charge on any atom is -0.465 e. The summed E-state index contributed by atoms with van der Waals surface area (Å²) >= 11 is 0. The summed E-state index contributed by atoms with van der Waals surface area (Å²) in [5, 5.41) is 0. The number of carbonyl (C=O) groups is 2. The van der Waals surface area contributed by atoms with Crippen molar-refractivity contribution in [1.29, 1.82) is 0 Å². The number of ether oxygens (including phenoxy) is 2. The average Bonchev–Trinajstić information content (AvgIpc) is 2.97. The number of nitrogens with zero attached hydrogens (tertiary/aromatic N) is 2. The molecule has 0 bridgehead atoms. The Bertz CT molecular complexity index is 955. The summed E-state index contributed by atoms with van der Waals surface area (Å²) in [5.74, 6) is 0.153. The molecule has 7 heteroatoms. The smallest absolute Gasteiger partial charge is 0.337 e. The second kappa shape index (κ2) is 8.92.